The number of carbonyl (C=O) groups excluding carboxylic acids is 1. The highest BCUT2D eigenvalue weighted by Crippen LogP contribution is 2.36. The van der Waals surface area contributed by atoms with Crippen molar-refractivity contribution in [2.45, 2.75) is 39.0 Å². The SMILES string of the molecule is Cc1coc(NC(=O)C2(C#N)CCCCC2)n1. The molecule has 1 fully saturated rings. The summed E-state index contributed by atoms with van der Waals surface area (Å²) in [7, 11) is 0. The second kappa shape index (κ2) is 4.58. The third-order valence-electron chi connectivity index (χ3n) is 3.20. The minimum atomic E-state index is -0.902. The molecule has 0 spiro atoms. The van der Waals surface area contributed by atoms with E-state index in [4.69, 9.17) is 4.42 Å². The molecule has 1 aliphatic rings. The lowest BCUT2D eigenvalue weighted by molar-refractivity contribution is -0.124. The van der Waals surface area contributed by atoms with Gasteiger partial charge in [-0.15, -0.1) is 0 Å². The fraction of sp³-hybridized carbons (Fsp3) is 0.583. The van der Waals surface area contributed by atoms with Crippen LogP contribution in [0.15, 0.2) is 10.7 Å². The van der Waals surface area contributed by atoms with Gasteiger partial charge in [-0.05, 0) is 19.8 Å². The van der Waals surface area contributed by atoms with Gasteiger partial charge in [-0.3, -0.25) is 10.1 Å². The Morgan fingerprint density at radius 3 is 2.76 bits per heavy atom. The molecule has 1 aliphatic carbocycles. The zero-order valence-electron chi connectivity index (χ0n) is 9.82. The van der Waals surface area contributed by atoms with Gasteiger partial charge in [-0.25, -0.2) is 0 Å². The van der Waals surface area contributed by atoms with Crippen molar-refractivity contribution in [1.29, 1.82) is 5.26 Å². The highest BCUT2D eigenvalue weighted by Gasteiger charge is 2.40. The molecule has 1 aromatic heterocycles. The second-order valence-corrected chi connectivity index (χ2v) is 4.50. The van der Waals surface area contributed by atoms with Crippen LogP contribution in [0.2, 0.25) is 0 Å². The van der Waals surface area contributed by atoms with E-state index < -0.39 is 5.41 Å². The van der Waals surface area contributed by atoms with E-state index in [0.717, 1.165) is 19.3 Å². The molecule has 5 heteroatoms. The van der Waals surface area contributed by atoms with Crippen molar-refractivity contribution in [2.24, 2.45) is 5.41 Å². The monoisotopic (exact) mass is 233 g/mol. The summed E-state index contributed by atoms with van der Waals surface area (Å²) < 4.78 is 5.06. The Balaban J connectivity index is 2.10. The molecule has 0 unspecified atom stereocenters. The maximum Gasteiger partial charge on any atom is 0.301 e. The van der Waals surface area contributed by atoms with E-state index in [1.165, 1.54) is 6.26 Å². The standard InChI is InChI=1S/C12H15N3O2/c1-9-7-17-11(14-9)15-10(16)12(8-13)5-3-2-4-6-12/h7H,2-6H2,1H3,(H,14,15,16). The molecule has 2 rings (SSSR count). The molecule has 1 heterocycles. The van der Waals surface area contributed by atoms with Gasteiger partial charge in [0.2, 0.25) is 5.91 Å². The van der Waals surface area contributed by atoms with Crippen molar-refractivity contribution in [3.05, 3.63) is 12.0 Å². The zero-order valence-corrected chi connectivity index (χ0v) is 9.82. The number of carbonyl (C=O) groups is 1. The maximum atomic E-state index is 12.1. The van der Waals surface area contributed by atoms with Gasteiger partial charge in [0.05, 0.1) is 11.8 Å². The van der Waals surface area contributed by atoms with Crippen molar-refractivity contribution < 1.29 is 9.21 Å². The van der Waals surface area contributed by atoms with Crippen LogP contribution in [0.5, 0.6) is 0 Å². The summed E-state index contributed by atoms with van der Waals surface area (Å²) in [6.45, 7) is 1.78. The van der Waals surface area contributed by atoms with Gasteiger partial charge < -0.3 is 4.42 Å². The van der Waals surface area contributed by atoms with Crippen LogP contribution in [0.1, 0.15) is 37.8 Å². The Morgan fingerprint density at radius 1 is 1.53 bits per heavy atom. The fourth-order valence-corrected chi connectivity index (χ4v) is 2.17. The van der Waals surface area contributed by atoms with Crippen LogP contribution in [-0.4, -0.2) is 10.9 Å². The van der Waals surface area contributed by atoms with Crippen molar-refractivity contribution in [1.82, 2.24) is 4.98 Å². The molecule has 0 bridgehead atoms. The molecule has 0 atom stereocenters. The predicted molar refractivity (Wildman–Crippen MR) is 61.0 cm³/mol. The number of hydrogen-bond donors (Lipinski definition) is 1. The molecule has 1 aromatic rings. The normalized spacial score (nSPS) is 18.4. The lowest BCUT2D eigenvalue weighted by Crippen LogP contribution is -2.36. The van der Waals surface area contributed by atoms with Crippen LogP contribution in [0, 0.1) is 23.7 Å². The summed E-state index contributed by atoms with van der Waals surface area (Å²) >= 11 is 0. The number of oxazole rings is 1. The smallest absolute Gasteiger partial charge is 0.301 e. The Bertz CT molecular complexity index is 453. The first kappa shape index (κ1) is 11.6. The van der Waals surface area contributed by atoms with E-state index in [1.54, 1.807) is 6.92 Å². The molecule has 1 amide bonds. The number of aryl methyl sites for hydroxylation is 1. The van der Waals surface area contributed by atoms with Crippen LogP contribution >= 0.6 is 0 Å². The first-order valence-corrected chi connectivity index (χ1v) is 5.81. The summed E-state index contributed by atoms with van der Waals surface area (Å²) in [6.07, 6.45) is 5.64. The summed E-state index contributed by atoms with van der Waals surface area (Å²) in [5, 5.41) is 11.8. The summed E-state index contributed by atoms with van der Waals surface area (Å²) in [5.41, 5.74) is -0.198. The largest absolute Gasteiger partial charge is 0.432 e. The second-order valence-electron chi connectivity index (χ2n) is 4.50. The van der Waals surface area contributed by atoms with Crippen LogP contribution in [-0.2, 0) is 4.79 Å². The summed E-state index contributed by atoms with van der Waals surface area (Å²) in [4.78, 5) is 16.1. The van der Waals surface area contributed by atoms with Gasteiger partial charge in [0.15, 0.2) is 0 Å². The highest BCUT2D eigenvalue weighted by molar-refractivity contribution is 5.95. The van der Waals surface area contributed by atoms with E-state index in [9.17, 15) is 10.1 Å². The Hall–Kier alpha value is -1.83. The van der Waals surface area contributed by atoms with Gasteiger partial charge in [-0.2, -0.15) is 10.2 Å². The predicted octanol–water partition coefficient (Wildman–Crippen LogP) is 2.40. The van der Waals surface area contributed by atoms with Gasteiger partial charge in [-0.1, -0.05) is 19.3 Å². The van der Waals surface area contributed by atoms with E-state index >= 15 is 0 Å². The third-order valence-corrected chi connectivity index (χ3v) is 3.20. The molecular formula is C12H15N3O2. The lowest BCUT2D eigenvalue weighted by atomic mass is 9.74. The number of nitrogens with one attached hydrogen (secondary N) is 1. The fourth-order valence-electron chi connectivity index (χ4n) is 2.17. The van der Waals surface area contributed by atoms with Crippen LogP contribution in [0.25, 0.3) is 0 Å². The first-order valence-electron chi connectivity index (χ1n) is 5.81. The van der Waals surface area contributed by atoms with Crippen LogP contribution < -0.4 is 5.32 Å². The lowest BCUT2D eigenvalue weighted by Gasteiger charge is -2.28. The van der Waals surface area contributed by atoms with E-state index in [2.05, 4.69) is 16.4 Å². The van der Waals surface area contributed by atoms with E-state index in [1.807, 2.05) is 0 Å². The summed E-state index contributed by atoms with van der Waals surface area (Å²) in [6, 6.07) is 2.34. The Labute approximate surface area is 99.8 Å². The number of rotatable bonds is 2. The summed E-state index contributed by atoms with van der Waals surface area (Å²) in [5.74, 6) is -0.290. The molecular weight excluding hydrogens is 218 g/mol. The molecule has 0 saturated heterocycles. The van der Waals surface area contributed by atoms with Crippen molar-refractivity contribution in [2.75, 3.05) is 5.32 Å². The average molecular weight is 233 g/mol. The van der Waals surface area contributed by atoms with Crippen molar-refractivity contribution in [3.63, 3.8) is 0 Å². The molecule has 1 N–H and O–H groups in total. The molecule has 90 valence electrons. The molecule has 0 radical (unpaired) electrons. The van der Waals surface area contributed by atoms with Crippen molar-refractivity contribution in [3.8, 4) is 6.07 Å². The third kappa shape index (κ3) is 2.31. The molecule has 17 heavy (non-hydrogen) atoms. The Kier molecular flexibility index (Phi) is 3.14. The van der Waals surface area contributed by atoms with Crippen LogP contribution in [0.4, 0.5) is 6.01 Å². The highest BCUT2D eigenvalue weighted by atomic mass is 16.4. The van der Waals surface area contributed by atoms with Gasteiger partial charge in [0.1, 0.15) is 11.7 Å². The molecule has 5 nitrogen and oxygen atoms in total. The minimum Gasteiger partial charge on any atom is -0.432 e. The topological polar surface area (TPSA) is 78.9 Å². The number of anilines is 1. The number of nitriles is 1. The zero-order chi connectivity index (χ0) is 12.3. The molecule has 0 aromatic carbocycles. The molecule has 0 aliphatic heterocycles. The number of hydrogen-bond acceptors (Lipinski definition) is 4. The van der Waals surface area contributed by atoms with Crippen LogP contribution in [0.3, 0.4) is 0 Å². The number of nitrogens with zero attached hydrogens (tertiary/aromatic N) is 2. The Morgan fingerprint density at radius 2 is 2.24 bits per heavy atom. The van der Waals surface area contributed by atoms with Gasteiger partial charge in [0.25, 0.3) is 0 Å². The van der Waals surface area contributed by atoms with E-state index in [-0.39, 0.29) is 11.9 Å². The van der Waals surface area contributed by atoms with E-state index in [0.29, 0.717) is 18.5 Å². The number of amides is 1. The van der Waals surface area contributed by atoms with Gasteiger partial charge in [0, 0.05) is 0 Å². The quantitative estimate of drug-likeness (QED) is 0.850. The van der Waals surface area contributed by atoms with Gasteiger partial charge >= 0.3 is 6.01 Å². The molecule has 1 saturated carbocycles. The number of aromatic nitrogens is 1. The maximum absolute atomic E-state index is 12.1. The van der Waals surface area contributed by atoms with Crippen molar-refractivity contribution >= 4 is 11.9 Å². The minimum absolute atomic E-state index is 0.174. The first-order chi connectivity index (χ1) is 8.16. The average Bonchev–Trinajstić information content (AvgIpc) is 2.75.